The van der Waals surface area contributed by atoms with Gasteiger partial charge in [0, 0.05) is 29.6 Å². The van der Waals surface area contributed by atoms with Crippen molar-refractivity contribution in [2.45, 2.75) is 95.9 Å². The number of fused-ring (bicyclic) bond motifs is 8. The number of alkyl halides is 3. The van der Waals surface area contributed by atoms with Crippen LogP contribution >= 0.6 is 11.6 Å². The van der Waals surface area contributed by atoms with E-state index in [9.17, 15) is 36.6 Å². The van der Waals surface area contributed by atoms with Crippen LogP contribution in [0, 0.1) is 5.41 Å². The first kappa shape index (κ1) is 38.3. The zero-order valence-corrected chi connectivity index (χ0v) is 30.4. The highest BCUT2D eigenvalue weighted by Gasteiger charge is 2.58. The predicted molar refractivity (Wildman–Crippen MR) is 188 cm³/mol. The molecule has 272 valence electrons. The lowest BCUT2D eigenvalue weighted by atomic mass is 9.65. The summed E-state index contributed by atoms with van der Waals surface area (Å²) in [7, 11) is -3.62. The summed E-state index contributed by atoms with van der Waals surface area (Å²) in [4.78, 5) is 14.4. The lowest BCUT2D eigenvalue weighted by Gasteiger charge is -2.45. The Morgan fingerprint density at radius 1 is 1.10 bits per heavy atom. The van der Waals surface area contributed by atoms with E-state index in [0.29, 0.717) is 62.5 Å². The minimum absolute atomic E-state index is 0.00116. The topological polar surface area (TPSA) is 108 Å². The van der Waals surface area contributed by atoms with Crippen LogP contribution < -0.4 is 0 Å². The Bertz CT molecular complexity index is 1870. The van der Waals surface area contributed by atoms with E-state index in [2.05, 4.69) is 6.08 Å². The average molecular weight is 736 g/mol. The molecule has 4 atom stereocenters. The molecule has 0 saturated heterocycles. The summed E-state index contributed by atoms with van der Waals surface area (Å²) in [5.74, 6) is -0.973. The second-order valence-corrected chi connectivity index (χ2v) is 16.6. The van der Waals surface area contributed by atoms with Gasteiger partial charge < -0.3 is 14.6 Å². The van der Waals surface area contributed by atoms with E-state index in [-0.39, 0.29) is 41.1 Å². The Hall–Kier alpha value is -2.96. The van der Waals surface area contributed by atoms with Crippen molar-refractivity contribution in [3.05, 3.63) is 93.2 Å². The number of hydrogen-bond donors (Lipinski definition) is 2. The third kappa shape index (κ3) is 7.92. The van der Waals surface area contributed by atoms with E-state index >= 15 is 0 Å². The Kier molecular flexibility index (Phi) is 11.2. The van der Waals surface area contributed by atoms with Gasteiger partial charge in [0.15, 0.2) is 5.76 Å². The minimum Gasteiger partial charge on any atom is -0.453 e. The highest BCUT2D eigenvalue weighted by molar-refractivity contribution is 7.88. The predicted octanol–water partition coefficient (Wildman–Crippen LogP) is 8.56. The first-order valence-electron chi connectivity index (χ1n) is 17.0. The molecule has 0 amide bonds. The Labute approximate surface area is 297 Å². The molecule has 12 heteroatoms. The maximum atomic E-state index is 14.4. The minimum atomic E-state index is -4.61. The summed E-state index contributed by atoms with van der Waals surface area (Å²) in [6.07, 6.45) is 1.93. The summed E-state index contributed by atoms with van der Waals surface area (Å²) in [6.45, 7) is 6.05. The molecule has 4 unspecified atom stereocenters. The zero-order chi connectivity index (χ0) is 36.6. The molecule has 3 aliphatic rings. The van der Waals surface area contributed by atoms with Crippen molar-refractivity contribution in [3.63, 3.8) is 0 Å². The van der Waals surface area contributed by atoms with E-state index < -0.39 is 44.7 Å². The molecule has 3 aliphatic carbocycles. The number of halogens is 4. The number of sulfonamides is 1. The number of hydrogen-bond acceptors (Lipinski definition) is 6. The number of furan rings is 1. The number of ketones is 1. The van der Waals surface area contributed by atoms with Gasteiger partial charge in [0.2, 0.25) is 15.8 Å². The molecule has 6 rings (SSSR count). The second-order valence-electron chi connectivity index (χ2n) is 14.2. The van der Waals surface area contributed by atoms with Gasteiger partial charge in [0.1, 0.15) is 5.76 Å². The maximum absolute atomic E-state index is 14.4. The number of carbonyl (C=O) groups excluding carboxylic acids is 1. The number of carbonyl (C=O) groups is 1. The van der Waals surface area contributed by atoms with Gasteiger partial charge in [-0.15, -0.1) is 0 Å². The summed E-state index contributed by atoms with van der Waals surface area (Å²) in [6, 6.07) is 11.2. The average Bonchev–Trinajstić information content (AvgIpc) is 3.61. The number of aliphatic hydroxyl groups is 2. The lowest BCUT2D eigenvalue weighted by molar-refractivity contribution is -0.137. The van der Waals surface area contributed by atoms with Crippen molar-refractivity contribution >= 4 is 27.4 Å². The molecule has 0 spiro atoms. The number of benzene rings is 2. The maximum Gasteiger partial charge on any atom is 0.416 e. The summed E-state index contributed by atoms with van der Waals surface area (Å²) < 4.78 is 73.4. The van der Waals surface area contributed by atoms with Crippen LogP contribution in [0.25, 0.3) is 11.3 Å². The van der Waals surface area contributed by atoms with Crippen LogP contribution in [0.5, 0.6) is 0 Å². The largest absolute Gasteiger partial charge is 0.453 e. The van der Waals surface area contributed by atoms with E-state index in [1.54, 1.807) is 6.07 Å². The van der Waals surface area contributed by atoms with Crippen LogP contribution in [0.1, 0.15) is 104 Å². The van der Waals surface area contributed by atoms with Crippen molar-refractivity contribution in [2.75, 3.05) is 19.3 Å². The molecule has 7 nitrogen and oxygen atoms in total. The van der Waals surface area contributed by atoms with Crippen LogP contribution in [-0.4, -0.2) is 59.8 Å². The van der Waals surface area contributed by atoms with Gasteiger partial charge in [-0.05, 0) is 112 Å². The van der Waals surface area contributed by atoms with Crippen LogP contribution in [0.3, 0.4) is 0 Å². The van der Waals surface area contributed by atoms with Gasteiger partial charge >= 0.3 is 6.18 Å². The molecule has 2 bridgehead atoms. The summed E-state index contributed by atoms with van der Waals surface area (Å²) in [5.41, 5.74) is -0.407. The highest BCUT2D eigenvalue weighted by atomic mass is 35.5. The summed E-state index contributed by atoms with van der Waals surface area (Å²) >= 11 is 6.27. The number of aliphatic hydroxyl groups excluding tert-OH is 1. The van der Waals surface area contributed by atoms with E-state index in [1.165, 1.54) is 16.4 Å². The van der Waals surface area contributed by atoms with Crippen LogP contribution in [0.4, 0.5) is 13.2 Å². The number of nitrogens with zero attached hydrogens (tertiary/aromatic N) is 1. The van der Waals surface area contributed by atoms with E-state index in [1.807, 2.05) is 32.9 Å². The van der Waals surface area contributed by atoms with Crippen LogP contribution in [0.2, 0.25) is 5.02 Å². The lowest BCUT2D eigenvalue weighted by Crippen LogP contribution is -2.53. The first-order valence-corrected chi connectivity index (χ1v) is 19.2. The zero-order valence-electron chi connectivity index (χ0n) is 28.8. The fourth-order valence-electron chi connectivity index (χ4n) is 7.73. The molecule has 1 fully saturated rings. The van der Waals surface area contributed by atoms with Gasteiger partial charge in [-0.2, -0.15) is 17.5 Å². The monoisotopic (exact) mass is 735 g/mol. The smallest absolute Gasteiger partial charge is 0.416 e. The van der Waals surface area contributed by atoms with Gasteiger partial charge in [0.25, 0.3) is 0 Å². The molecule has 3 aromatic rings. The molecule has 2 N–H and O–H groups in total. The quantitative estimate of drug-likeness (QED) is 0.177. The molecular weight excluding hydrogens is 691 g/mol. The SMILES string of the molecule is CCCN(CC1(O)CCC2c3ccc(cc3C(=O)c3ccc(-c4cc(C(F)(F)F)ccc4Cl)o3)CC(O)CCC(C)=CCCC21C)S(C)(=O)=O. The van der Waals surface area contributed by atoms with Crippen molar-refractivity contribution in [3.8, 4) is 11.3 Å². The van der Waals surface area contributed by atoms with Gasteiger partial charge in [-0.25, -0.2) is 8.42 Å². The van der Waals surface area contributed by atoms with Gasteiger partial charge in [-0.3, -0.25) is 4.79 Å². The van der Waals surface area contributed by atoms with Crippen LogP contribution in [-0.2, 0) is 22.6 Å². The fraction of sp³-hybridized carbons (Fsp3) is 0.500. The van der Waals surface area contributed by atoms with Gasteiger partial charge in [-0.1, -0.05) is 49.2 Å². The summed E-state index contributed by atoms with van der Waals surface area (Å²) in [5, 5.41) is 23.4. The molecule has 0 aliphatic heterocycles. The van der Waals surface area contributed by atoms with Crippen molar-refractivity contribution < 1.29 is 41.0 Å². The molecule has 0 radical (unpaired) electrons. The first-order chi connectivity index (χ1) is 23.4. The molecule has 2 aromatic carbocycles. The van der Waals surface area contributed by atoms with Crippen LogP contribution in [0.15, 0.2) is 64.6 Å². The number of rotatable bonds is 8. The fourth-order valence-corrected chi connectivity index (χ4v) is 8.90. The van der Waals surface area contributed by atoms with Crippen molar-refractivity contribution in [1.29, 1.82) is 0 Å². The number of allylic oxidation sites excluding steroid dienone is 2. The Morgan fingerprint density at radius 3 is 2.52 bits per heavy atom. The van der Waals surface area contributed by atoms with Crippen molar-refractivity contribution in [2.24, 2.45) is 5.41 Å². The molecule has 1 aromatic heterocycles. The normalized spacial score (nSPS) is 25.0. The Morgan fingerprint density at radius 2 is 1.84 bits per heavy atom. The molecule has 50 heavy (non-hydrogen) atoms. The third-order valence-corrected chi connectivity index (χ3v) is 12.3. The molecule has 1 heterocycles. The second kappa shape index (κ2) is 14.6. The Balaban J connectivity index is 1.61. The highest BCUT2D eigenvalue weighted by Crippen LogP contribution is 2.59. The molecule has 1 saturated carbocycles. The van der Waals surface area contributed by atoms with E-state index in [0.717, 1.165) is 35.6 Å². The van der Waals surface area contributed by atoms with Gasteiger partial charge in [0.05, 0.1) is 28.5 Å². The standard InChI is InChI=1S/C38H45ClF3NO6S/c1-5-19-43(50(4,47)48)23-37(46)18-16-31-28-12-9-25(20-27(44)11-8-24(2)7-6-17-36(31,37)3)21-29(28)35(45)34-15-14-33(49-34)30-22-26(38(40,41)42)10-13-32(30)39/h7,9-10,12-15,21-22,27,31,44,46H,5-6,8,11,16-20,23H2,1-4H3. The third-order valence-electron chi connectivity index (χ3n) is 10.7. The van der Waals surface area contributed by atoms with Crippen molar-refractivity contribution in [1.82, 2.24) is 4.31 Å². The molecular formula is C38H45ClF3NO6S. The van der Waals surface area contributed by atoms with E-state index in [4.69, 9.17) is 16.0 Å².